The number of fused-ring (bicyclic) bond motifs is 1. The maximum atomic E-state index is 10.3. The molecular weight excluding hydrogens is 214 g/mol. The first-order valence-electron chi connectivity index (χ1n) is 4.37. The van der Waals surface area contributed by atoms with Crippen LogP contribution >= 0.6 is 11.5 Å². The second kappa shape index (κ2) is 3.86. The van der Waals surface area contributed by atoms with E-state index >= 15 is 0 Å². The lowest BCUT2D eigenvalue weighted by Crippen LogP contribution is -2.09. The Labute approximate surface area is 90.3 Å². The van der Waals surface area contributed by atoms with Crippen LogP contribution < -0.4 is 4.74 Å². The van der Waals surface area contributed by atoms with Crippen LogP contribution in [0.1, 0.15) is 5.69 Å². The number of aromatic nitrogens is 1. The van der Waals surface area contributed by atoms with Gasteiger partial charge in [-0.15, -0.1) is 0 Å². The van der Waals surface area contributed by atoms with Gasteiger partial charge in [0.05, 0.1) is 10.4 Å². The van der Waals surface area contributed by atoms with Gasteiger partial charge in [0, 0.05) is 5.39 Å². The fourth-order valence-electron chi connectivity index (χ4n) is 1.27. The fraction of sp³-hybridized carbons (Fsp3) is 0.200. The molecule has 15 heavy (non-hydrogen) atoms. The van der Waals surface area contributed by atoms with Crippen molar-refractivity contribution in [3.8, 4) is 5.75 Å². The summed E-state index contributed by atoms with van der Waals surface area (Å²) in [7, 11) is 0. The molecule has 0 aliphatic rings. The third-order valence-corrected chi connectivity index (χ3v) is 2.90. The molecule has 0 fully saturated rings. The van der Waals surface area contributed by atoms with Crippen molar-refractivity contribution in [3.63, 3.8) is 0 Å². The van der Waals surface area contributed by atoms with Gasteiger partial charge < -0.3 is 9.84 Å². The number of aliphatic carboxylic acids is 1. The van der Waals surface area contributed by atoms with Crippen molar-refractivity contribution in [2.24, 2.45) is 0 Å². The Balaban J connectivity index is 2.29. The quantitative estimate of drug-likeness (QED) is 0.865. The third-order valence-electron chi connectivity index (χ3n) is 1.98. The van der Waals surface area contributed by atoms with Crippen LogP contribution in [-0.2, 0) is 4.79 Å². The van der Waals surface area contributed by atoms with Crippen LogP contribution in [0.2, 0.25) is 0 Å². The highest BCUT2D eigenvalue weighted by molar-refractivity contribution is 7.13. The highest BCUT2D eigenvalue weighted by Gasteiger charge is 2.04. The lowest BCUT2D eigenvalue weighted by molar-refractivity contribution is -0.139. The molecule has 78 valence electrons. The summed E-state index contributed by atoms with van der Waals surface area (Å²) in [5.74, 6) is -0.413. The number of hydrogen-bond acceptors (Lipinski definition) is 4. The molecule has 4 nitrogen and oxygen atoms in total. The first kappa shape index (κ1) is 9.92. The maximum Gasteiger partial charge on any atom is 0.341 e. The maximum absolute atomic E-state index is 10.3. The average molecular weight is 223 g/mol. The molecule has 0 saturated carbocycles. The minimum absolute atomic E-state index is 0.317. The summed E-state index contributed by atoms with van der Waals surface area (Å²) >= 11 is 1.43. The van der Waals surface area contributed by atoms with Crippen molar-refractivity contribution in [2.45, 2.75) is 6.92 Å². The lowest BCUT2D eigenvalue weighted by atomic mass is 10.2. The Kier molecular flexibility index (Phi) is 2.55. The van der Waals surface area contributed by atoms with E-state index in [9.17, 15) is 4.79 Å². The SMILES string of the molecule is Cc1nsc2ccc(OCC(=O)O)cc12. The molecule has 1 N–H and O–H groups in total. The Morgan fingerprint density at radius 2 is 2.40 bits per heavy atom. The van der Waals surface area contributed by atoms with Crippen LogP contribution in [0.5, 0.6) is 5.75 Å². The van der Waals surface area contributed by atoms with E-state index in [4.69, 9.17) is 9.84 Å². The van der Waals surface area contributed by atoms with Crippen molar-refractivity contribution >= 4 is 27.6 Å². The Hall–Kier alpha value is -1.62. The van der Waals surface area contributed by atoms with Crippen LogP contribution in [0.25, 0.3) is 10.1 Å². The number of benzene rings is 1. The van der Waals surface area contributed by atoms with E-state index in [0.29, 0.717) is 5.75 Å². The van der Waals surface area contributed by atoms with Gasteiger partial charge in [0.15, 0.2) is 6.61 Å². The average Bonchev–Trinajstić information content (AvgIpc) is 2.57. The summed E-state index contributed by atoms with van der Waals surface area (Å²) in [6, 6.07) is 5.46. The standard InChI is InChI=1S/C10H9NO3S/c1-6-8-4-7(14-5-10(12)13)2-3-9(8)15-11-6/h2-4H,5H2,1H3,(H,12,13). The predicted molar refractivity (Wildman–Crippen MR) is 57.5 cm³/mol. The van der Waals surface area contributed by atoms with Crippen molar-refractivity contribution < 1.29 is 14.6 Å². The summed E-state index contributed by atoms with van der Waals surface area (Å²) in [6.45, 7) is 1.60. The predicted octanol–water partition coefficient (Wildman–Crippen LogP) is 2.07. The lowest BCUT2D eigenvalue weighted by Gasteiger charge is -2.02. The number of carboxylic acid groups (broad SMARTS) is 1. The summed E-state index contributed by atoms with van der Waals surface area (Å²) in [6.07, 6.45) is 0. The zero-order chi connectivity index (χ0) is 10.8. The Bertz CT molecular complexity index is 506. The van der Waals surface area contributed by atoms with E-state index in [1.54, 1.807) is 6.07 Å². The molecule has 0 saturated heterocycles. The Morgan fingerprint density at radius 3 is 3.13 bits per heavy atom. The van der Waals surface area contributed by atoms with Gasteiger partial charge in [-0.3, -0.25) is 0 Å². The number of hydrogen-bond donors (Lipinski definition) is 1. The van der Waals surface area contributed by atoms with Gasteiger partial charge in [-0.25, -0.2) is 4.79 Å². The van der Waals surface area contributed by atoms with Gasteiger partial charge in [-0.1, -0.05) is 0 Å². The van der Waals surface area contributed by atoms with Gasteiger partial charge in [0.25, 0.3) is 0 Å². The van der Waals surface area contributed by atoms with Crippen LogP contribution in [0.4, 0.5) is 0 Å². The molecule has 0 spiro atoms. The van der Waals surface area contributed by atoms with Crippen molar-refractivity contribution in [1.82, 2.24) is 4.37 Å². The molecule has 0 aliphatic carbocycles. The number of nitrogens with zero attached hydrogens (tertiary/aromatic N) is 1. The van der Waals surface area contributed by atoms with E-state index in [1.165, 1.54) is 11.5 Å². The van der Waals surface area contributed by atoms with Crippen molar-refractivity contribution in [2.75, 3.05) is 6.61 Å². The Morgan fingerprint density at radius 1 is 1.60 bits per heavy atom. The van der Waals surface area contributed by atoms with Gasteiger partial charge >= 0.3 is 5.97 Å². The molecular formula is C10H9NO3S. The molecule has 2 rings (SSSR count). The second-order valence-corrected chi connectivity index (χ2v) is 3.91. The number of carboxylic acids is 1. The zero-order valence-corrected chi connectivity index (χ0v) is 8.87. The minimum Gasteiger partial charge on any atom is -0.482 e. The molecule has 2 aromatic rings. The van der Waals surface area contributed by atoms with Crippen molar-refractivity contribution in [3.05, 3.63) is 23.9 Å². The summed E-state index contributed by atoms with van der Waals surface area (Å²) in [5.41, 5.74) is 0.941. The fourth-order valence-corrected chi connectivity index (χ4v) is 2.04. The number of ether oxygens (including phenoxy) is 1. The van der Waals surface area contributed by atoms with E-state index in [1.807, 2.05) is 19.1 Å². The van der Waals surface area contributed by atoms with Gasteiger partial charge in [0.2, 0.25) is 0 Å². The molecule has 0 amide bonds. The smallest absolute Gasteiger partial charge is 0.341 e. The summed E-state index contributed by atoms with van der Waals surface area (Å²) in [4.78, 5) is 10.3. The van der Waals surface area contributed by atoms with E-state index in [-0.39, 0.29) is 6.61 Å². The van der Waals surface area contributed by atoms with Gasteiger partial charge in [-0.2, -0.15) is 4.37 Å². The highest BCUT2D eigenvalue weighted by Crippen LogP contribution is 2.26. The molecule has 0 bridgehead atoms. The van der Waals surface area contributed by atoms with Crippen LogP contribution in [0.15, 0.2) is 18.2 Å². The molecule has 0 atom stereocenters. The topological polar surface area (TPSA) is 59.4 Å². The van der Waals surface area contributed by atoms with E-state index < -0.39 is 5.97 Å². The highest BCUT2D eigenvalue weighted by atomic mass is 32.1. The van der Waals surface area contributed by atoms with Crippen LogP contribution in [0.3, 0.4) is 0 Å². The van der Waals surface area contributed by atoms with Crippen LogP contribution in [-0.4, -0.2) is 22.1 Å². The van der Waals surface area contributed by atoms with Gasteiger partial charge in [0.1, 0.15) is 5.75 Å². The first-order chi connectivity index (χ1) is 7.16. The number of aryl methyl sites for hydroxylation is 1. The molecule has 0 unspecified atom stereocenters. The molecule has 1 heterocycles. The molecule has 5 heteroatoms. The van der Waals surface area contributed by atoms with Crippen LogP contribution in [0, 0.1) is 6.92 Å². The first-order valence-corrected chi connectivity index (χ1v) is 5.15. The van der Waals surface area contributed by atoms with E-state index in [0.717, 1.165) is 15.8 Å². The normalized spacial score (nSPS) is 10.5. The molecule has 1 aromatic carbocycles. The van der Waals surface area contributed by atoms with Gasteiger partial charge in [-0.05, 0) is 36.7 Å². The summed E-state index contributed by atoms with van der Waals surface area (Å²) < 4.78 is 10.4. The molecule has 0 radical (unpaired) electrons. The largest absolute Gasteiger partial charge is 0.482 e. The minimum atomic E-state index is -0.977. The zero-order valence-electron chi connectivity index (χ0n) is 8.06. The van der Waals surface area contributed by atoms with E-state index in [2.05, 4.69) is 4.37 Å². The summed E-state index contributed by atoms with van der Waals surface area (Å²) in [5, 5.41) is 9.48. The number of carbonyl (C=O) groups is 1. The van der Waals surface area contributed by atoms with Crippen molar-refractivity contribution in [1.29, 1.82) is 0 Å². The second-order valence-electron chi connectivity index (χ2n) is 3.11. The number of rotatable bonds is 3. The third kappa shape index (κ3) is 2.07. The molecule has 1 aromatic heterocycles. The molecule has 0 aliphatic heterocycles. The monoisotopic (exact) mass is 223 g/mol.